The topological polar surface area (TPSA) is 50.9 Å². The molecule has 1 heterocycles. The van der Waals surface area contributed by atoms with Crippen molar-refractivity contribution in [3.8, 4) is 11.3 Å². The Labute approximate surface area is 156 Å². The molecule has 0 radical (unpaired) electrons. The van der Waals surface area contributed by atoms with Crippen LogP contribution in [0.15, 0.2) is 54.1 Å². The molecule has 4 heteroatoms. The van der Waals surface area contributed by atoms with Crippen molar-refractivity contribution in [2.24, 2.45) is 7.05 Å². The first kappa shape index (κ1) is 19.9. The monoisotopic (exact) mass is 351 g/mol. The van der Waals surface area contributed by atoms with E-state index >= 15 is 0 Å². The molecule has 4 rings (SSSR count). The third kappa shape index (κ3) is 3.70. The van der Waals surface area contributed by atoms with Gasteiger partial charge in [0.15, 0.2) is 0 Å². The highest BCUT2D eigenvalue weighted by atomic mass is 16.3. The van der Waals surface area contributed by atoms with Gasteiger partial charge in [-0.15, -0.1) is 5.10 Å². The molecule has 0 saturated carbocycles. The van der Waals surface area contributed by atoms with Gasteiger partial charge < -0.3 is 5.11 Å². The molecule has 2 aromatic rings. The van der Waals surface area contributed by atoms with Crippen LogP contribution in [0, 0.1) is 0 Å². The molecule has 1 aromatic carbocycles. The molecule has 1 aromatic heterocycles. The lowest BCUT2D eigenvalue weighted by Crippen LogP contribution is -2.08. The molecule has 138 valence electrons. The maximum atomic E-state index is 10.7. The summed E-state index contributed by atoms with van der Waals surface area (Å²) in [5.41, 5.74) is 5.96. The van der Waals surface area contributed by atoms with Crippen LogP contribution >= 0.6 is 0 Å². The quantitative estimate of drug-likeness (QED) is 0.706. The van der Waals surface area contributed by atoms with Crippen LogP contribution in [-0.2, 0) is 7.05 Å². The summed E-state index contributed by atoms with van der Waals surface area (Å²) >= 11 is 0. The number of rotatable bonds is 0. The van der Waals surface area contributed by atoms with Crippen molar-refractivity contribution in [1.29, 1.82) is 0 Å². The Morgan fingerprint density at radius 1 is 1.04 bits per heavy atom. The predicted octanol–water partition coefficient (Wildman–Crippen LogP) is 5.24. The Bertz CT molecular complexity index is 828. The highest BCUT2D eigenvalue weighted by Crippen LogP contribution is 2.40. The van der Waals surface area contributed by atoms with E-state index in [2.05, 4.69) is 34.6 Å². The second-order valence-electron chi connectivity index (χ2n) is 5.70. The van der Waals surface area contributed by atoms with Crippen LogP contribution in [0.5, 0.6) is 0 Å². The smallest absolute Gasteiger partial charge is 0.121 e. The van der Waals surface area contributed by atoms with Gasteiger partial charge in [0.05, 0.1) is 11.8 Å². The van der Waals surface area contributed by atoms with E-state index in [4.69, 9.17) is 0 Å². The third-order valence-electron chi connectivity index (χ3n) is 4.29. The molecule has 0 fully saturated rings. The molecule has 1 unspecified atom stereocenters. The largest absolute Gasteiger partial charge is 0.388 e. The summed E-state index contributed by atoms with van der Waals surface area (Å²) in [7, 11) is 1.92. The van der Waals surface area contributed by atoms with E-state index in [0.717, 1.165) is 40.1 Å². The molecule has 2 aliphatic carbocycles. The van der Waals surface area contributed by atoms with E-state index in [9.17, 15) is 5.11 Å². The van der Waals surface area contributed by atoms with Crippen molar-refractivity contribution < 1.29 is 5.11 Å². The van der Waals surface area contributed by atoms with Crippen molar-refractivity contribution in [3.63, 3.8) is 0 Å². The Kier molecular flexibility index (Phi) is 7.10. The summed E-state index contributed by atoms with van der Waals surface area (Å²) in [5.74, 6) is 0. The fraction of sp³-hybridized carbons (Fsp3) is 0.364. The zero-order valence-corrected chi connectivity index (χ0v) is 16.4. The van der Waals surface area contributed by atoms with Crippen LogP contribution in [0.2, 0.25) is 0 Å². The Hall–Kier alpha value is -2.46. The normalized spacial score (nSPS) is 17.2. The lowest BCUT2D eigenvalue weighted by molar-refractivity contribution is 0.180. The van der Waals surface area contributed by atoms with Crippen LogP contribution in [0.4, 0.5) is 0 Å². The third-order valence-corrected chi connectivity index (χ3v) is 4.29. The summed E-state index contributed by atoms with van der Waals surface area (Å²) in [6, 6.07) is 7.91. The van der Waals surface area contributed by atoms with E-state index in [1.807, 2.05) is 63.7 Å². The number of hydrogen-bond acceptors (Lipinski definition) is 3. The second kappa shape index (κ2) is 9.30. The zero-order chi connectivity index (χ0) is 19.1. The molecule has 26 heavy (non-hydrogen) atoms. The fourth-order valence-electron chi connectivity index (χ4n) is 3.24. The van der Waals surface area contributed by atoms with Crippen molar-refractivity contribution in [2.75, 3.05) is 0 Å². The van der Waals surface area contributed by atoms with Gasteiger partial charge in [-0.1, -0.05) is 81.5 Å². The SMILES string of the molecule is CC.CC.Cn1nnc2c1C1=C(C=CCC=C1)CC(O)c1ccccc1-2. The van der Waals surface area contributed by atoms with Crippen molar-refractivity contribution in [1.82, 2.24) is 15.0 Å². The van der Waals surface area contributed by atoms with Gasteiger partial charge >= 0.3 is 0 Å². The number of fused-ring (bicyclic) bond motifs is 4. The molecule has 0 bridgehead atoms. The molecule has 2 aliphatic rings. The number of aryl methyl sites for hydroxylation is 1. The van der Waals surface area contributed by atoms with Crippen molar-refractivity contribution in [3.05, 3.63) is 65.4 Å². The van der Waals surface area contributed by atoms with E-state index in [1.54, 1.807) is 0 Å². The molecule has 0 amide bonds. The summed E-state index contributed by atoms with van der Waals surface area (Å²) in [6.45, 7) is 8.00. The average Bonchev–Trinajstić information content (AvgIpc) is 2.92. The molecule has 0 spiro atoms. The lowest BCUT2D eigenvalue weighted by Gasteiger charge is -2.21. The lowest BCUT2D eigenvalue weighted by atomic mass is 9.87. The number of hydrogen-bond donors (Lipinski definition) is 1. The highest BCUT2D eigenvalue weighted by molar-refractivity contribution is 5.86. The predicted molar refractivity (Wildman–Crippen MR) is 109 cm³/mol. The number of benzene rings is 1. The standard InChI is InChI=1S/C18H17N3O.2C2H6/c1-21-18-13-8-4-2-3-7-12(13)11-16(22)14-9-5-6-10-15(14)17(18)19-20-21;2*1-2/h3-10,16,22H,2,11H2,1H3;2*1-2H3. The molecule has 1 N–H and O–H groups in total. The maximum absolute atomic E-state index is 10.7. The minimum Gasteiger partial charge on any atom is -0.388 e. The molecule has 4 nitrogen and oxygen atoms in total. The van der Waals surface area contributed by atoms with Gasteiger partial charge in [0.1, 0.15) is 5.69 Å². The van der Waals surface area contributed by atoms with Crippen LogP contribution in [0.3, 0.4) is 0 Å². The van der Waals surface area contributed by atoms with Crippen LogP contribution < -0.4 is 0 Å². The minimum atomic E-state index is -0.535. The van der Waals surface area contributed by atoms with Gasteiger partial charge in [-0.25, -0.2) is 4.68 Å². The first-order valence-electron chi connectivity index (χ1n) is 9.49. The number of aliphatic hydroxyl groups is 1. The fourth-order valence-corrected chi connectivity index (χ4v) is 3.24. The molecule has 1 atom stereocenters. The molecular formula is C22H29N3O. The minimum absolute atomic E-state index is 0.535. The van der Waals surface area contributed by atoms with Crippen LogP contribution in [-0.4, -0.2) is 20.1 Å². The first-order chi connectivity index (χ1) is 12.8. The van der Waals surface area contributed by atoms with E-state index in [1.165, 1.54) is 0 Å². The second-order valence-corrected chi connectivity index (χ2v) is 5.70. The van der Waals surface area contributed by atoms with Gasteiger partial charge in [0.2, 0.25) is 0 Å². The summed E-state index contributed by atoms with van der Waals surface area (Å²) in [5, 5.41) is 19.3. The summed E-state index contributed by atoms with van der Waals surface area (Å²) in [4.78, 5) is 0. The molecule has 0 aliphatic heterocycles. The average molecular weight is 351 g/mol. The Balaban J connectivity index is 0.000000570. The van der Waals surface area contributed by atoms with Gasteiger partial charge in [0, 0.05) is 24.6 Å². The van der Waals surface area contributed by atoms with Gasteiger partial charge in [-0.05, 0) is 17.6 Å². The molecule has 0 saturated heterocycles. The van der Waals surface area contributed by atoms with Gasteiger partial charge in [0.25, 0.3) is 0 Å². The van der Waals surface area contributed by atoms with Gasteiger partial charge in [-0.3, -0.25) is 0 Å². The Morgan fingerprint density at radius 2 is 1.73 bits per heavy atom. The van der Waals surface area contributed by atoms with Crippen molar-refractivity contribution >= 4 is 5.57 Å². The number of nitrogens with zero attached hydrogens (tertiary/aromatic N) is 3. The van der Waals surface area contributed by atoms with E-state index in [-0.39, 0.29) is 0 Å². The first-order valence-corrected chi connectivity index (χ1v) is 9.49. The number of allylic oxidation sites excluding steroid dienone is 5. The maximum Gasteiger partial charge on any atom is 0.121 e. The number of aromatic nitrogens is 3. The summed E-state index contributed by atoms with van der Waals surface area (Å²) < 4.78 is 1.82. The highest BCUT2D eigenvalue weighted by Gasteiger charge is 2.26. The van der Waals surface area contributed by atoms with E-state index < -0.39 is 6.10 Å². The Morgan fingerprint density at radius 3 is 2.50 bits per heavy atom. The molecular weight excluding hydrogens is 322 g/mol. The zero-order valence-electron chi connectivity index (χ0n) is 16.4. The van der Waals surface area contributed by atoms with Crippen LogP contribution in [0.25, 0.3) is 16.8 Å². The number of aliphatic hydroxyl groups excluding tert-OH is 1. The summed E-state index contributed by atoms with van der Waals surface area (Å²) in [6.07, 6.45) is 9.46. The van der Waals surface area contributed by atoms with Crippen molar-refractivity contribution in [2.45, 2.75) is 46.6 Å². The van der Waals surface area contributed by atoms with Crippen LogP contribution in [0.1, 0.15) is 57.9 Å². The van der Waals surface area contributed by atoms with Gasteiger partial charge in [-0.2, -0.15) is 0 Å². The van der Waals surface area contributed by atoms with E-state index in [0.29, 0.717) is 6.42 Å².